The predicted molar refractivity (Wildman–Crippen MR) is 81.9 cm³/mol. The first-order valence-electron chi connectivity index (χ1n) is 6.31. The zero-order chi connectivity index (χ0) is 13.8. The van der Waals surface area contributed by atoms with Gasteiger partial charge in [-0.2, -0.15) is 0 Å². The van der Waals surface area contributed by atoms with Crippen molar-refractivity contribution < 1.29 is 4.79 Å². The second-order valence-corrected chi connectivity index (χ2v) is 6.32. The highest BCUT2D eigenvalue weighted by atomic mass is 35.5. The van der Waals surface area contributed by atoms with Crippen LogP contribution in [0.5, 0.6) is 0 Å². The summed E-state index contributed by atoms with van der Waals surface area (Å²) in [5.74, 6) is 0.989. The Kier molecular flexibility index (Phi) is 4.88. The van der Waals surface area contributed by atoms with Gasteiger partial charge in [-0.25, -0.2) is 0 Å². The highest BCUT2D eigenvalue weighted by Crippen LogP contribution is 2.26. The first-order valence-corrected chi connectivity index (χ1v) is 7.68. The number of thioether (sulfide) groups is 1. The molecule has 1 atom stereocenters. The fraction of sp³-hybridized carbons (Fsp3) is 0.429. The maximum absolute atomic E-state index is 12.4. The summed E-state index contributed by atoms with van der Waals surface area (Å²) in [5, 5.41) is 4.34. The van der Waals surface area contributed by atoms with Crippen molar-refractivity contribution in [1.29, 1.82) is 0 Å². The Labute approximate surface area is 122 Å². The Bertz CT molecular complexity index is 485. The normalized spacial score (nSPS) is 16.3. The van der Waals surface area contributed by atoms with E-state index in [1.54, 1.807) is 11.8 Å². The van der Waals surface area contributed by atoms with E-state index < -0.39 is 0 Å². The molecule has 1 aromatic carbocycles. The number of rotatable bonds is 3. The summed E-state index contributed by atoms with van der Waals surface area (Å²) < 4.78 is 0. The van der Waals surface area contributed by atoms with Gasteiger partial charge in [0.2, 0.25) is 5.91 Å². The summed E-state index contributed by atoms with van der Waals surface area (Å²) >= 11 is 7.48. The predicted octanol–water partition coefficient (Wildman–Crippen LogP) is 3.30. The van der Waals surface area contributed by atoms with E-state index in [9.17, 15) is 4.79 Å². The molecule has 0 saturated carbocycles. The third-order valence-electron chi connectivity index (χ3n) is 2.99. The van der Waals surface area contributed by atoms with Crippen LogP contribution in [0.1, 0.15) is 25.3 Å². The largest absolute Gasteiger partial charge is 0.305 e. The lowest BCUT2D eigenvalue weighted by molar-refractivity contribution is -0.122. The highest BCUT2D eigenvalue weighted by molar-refractivity contribution is 8.14. The van der Waals surface area contributed by atoms with Crippen LogP contribution in [-0.2, 0) is 4.79 Å². The van der Waals surface area contributed by atoms with Crippen LogP contribution in [0.3, 0.4) is 0 Å². The Morgan fingerprint density at radius 2 is 2.05 bits per heavy atom. The maximum Gasteiger partial charge on any atom is 0.233 e. The second kappa shape index (κ2) is 6.44. The average Bonchev–Trinajstić information content (AvgIpc) is 2.84. The molecule has 1 aliphatic rings. The van der Waals surface area contributed by atoms with E-state index in [4.69, 9.17) is 11.6 Å². The Hall–Kier alpha value is -1.00. The monoisotopic (exact) mass is 296 g/mol. The highest BCUT2D eigenvalue weighted by Gasteiger charge is 2.25. The van der Waals surface area contributed by atoms with Gasteiger partial charge in [0, 0.05) is 10.8 Å². The SMILES string of the molecule is CC(C)[C@H](C(=O)NC1=NCCS1)c1ccc(Cl)cc1. The van der Waals surface area contributed by atoms with E-state index in [2.05, 4.69) is 10.3 Å². The molecule has 5 heteroatoms. The number of halogens is 1. The summed E-state index contributed by atoms with van der Waals surface area (Å²) in [7, 11) is 0. The standard InChI is InChI=1S/C14H17ClN2OS/c1-9(2)12(10-3-5-11(15)6-4-10)13(18)17-14-16-7-8-19-14/h3-6,9,12H,7-8H2,1-2H3,(H,16,17,18)/t12-/m0/s1. The molecule has 0 bridgehead atoms. The van der Waals surface area contributed by atoms with Crippen molar-refractivity contribution in [1.82, 2.24) is 5.32 Å². The summed E-state index contributed by atoms with van der Waals surface area (Å²) in [6.07, 6.45) is 0. The molecule has 1 heterocycles. The van der Waals surface area contributed by atoms with Gasteiger partial charge in [-0.1, -0.05) is 49.3 Å². The van der Waals surface area contributed by atoms with Crippen LogP contribution in [0, 0.1) is 5.92 Å². The molecule has 2 rings (SSSR count). The van der Waals surface area contributed by atoms with Crippen molar-refractivity contribution in [2.75, 3.05) is 12.3 Å². The lowest BCUT2D eigenvalue weighted by Crippen LogP contribution is -2.34. The molecule has 19 heavy (non-hydrogen) atoms. The maximum atomic E-state index is 12.4. The first kappa shape index (κ1) is 14.4. The quantitative estimate of drug-likeness (QED) is 0.930. The summed E-state index contributed by atoms with van der Waals surface area (Å²) in [5.41, 5.74) is 0.987. The van der Waals surface area contributed by atoms with E-state index in [1.165, 1.54) is 0 Å². The lowest BCUT2D eigenvalue weighted by atomic mass is 9.88. The average molecular weight is 297 g/mol. The molecule has 3 nitrogen and oxygen atoms in total. The van der Waals surface area contributed by atoms with Crippen molar-refractivity contribution in [3.8, 4) is 0 Å². The lowest BCUT2D eigenvalue weighted by Gasteiger charge is -2.20. The molecule has 1 N–H and O–H groups in total. The zero-order valence-corrected chi connectivity index (χ0v) is 12.6. The summed E-state index contributed by atoms with van der Waals surface area (Å²) in [4.78, 5) is 16.6. The molecular weight excluding hydrogens is 280 g/mol. The van der Waals surface area contributed by atoms with E-state index in [0.717, 1.165) is 23.0 Å². The first-order chi connectivity index (χ1) is 9.08. The van der Waals surface area contributed by atoms with Crippen molar-refractivity contribution in [3.63, 3.8) is 0 Å². The number of nitrogens with zero attached hydrogens (tertiary/aromatic N) is 1. The van der Waals surface area contributed by atoms with Crippen LogP contribution in [0.25, 0.3) is 0 Å². The van der Waals surface area contributed by atoms with Crippen molar-refractivity contribution in [3.05, 3.63) is 34.9 Å². The molecule has 0 fully saturated rings. The van der Waals surface area contributed by atoms with Crippen LogP contribution in [-0.4, -0.2) is 23.4 Å². The number of hydrogen-bond acceptors (Lipinski definition) is 3. The molecule has 1 aromatic rings. The van der Waals surface area contributed by atoms with E-state index in [1.807, 2.05) is 38.1 Å². The zero-order valence-electron chi connectivity index (χ0n) is 11.0. The fourth-order valence-electron chi connectivity index (χ4n) is 2.10. The van der Waals surface area contributed by atoms with Crippen molar-refractivity contribution >= 4 is 34.4 Å². The molecule has 1 aliphatic heterocycles. The van der Waals surface area contributed by atoms with Gasteiger partial charge in [0.25, 0.3) is 0 Å². The number of benzene rings is 1. The molecule has 0 aromatic heterocycles. The summed E-state index contributed by atoms with van der Waals surface area (Å²) in [6.45, 7) is 4.87. The molecule has 0 saturated heterocycles. The van der Waals surface area contributed by atoms with E-state index >= 15 is 0 Å². The number of carbonyl (C=O) groups is 1. The van der Waals surface area contributed by atoms with Gasteiger partial charge in [0.1, 0.15) is 0 Å². The minimum absolute atomic E-state index is 0.00507. The molecule has 0 spiro atoms. The van der Waals surface area contributed by atoms with Crippen LogP contribution in [0.2, 0.25) is 5.02 Å². The Morgan fingerprint density at radius 3 is 2.58 bits per heavy atom. The number of nitrogens with one attached hydrogen (secondary N) is 1. The number of aliphatic imine (C=N–C) groups is 1. The van der Waals surface area contributed by atoms with Crippen LogP contribution < -0.4 is 5.32 Å². The van der Waals surface area contributed by atoms with Gasteiger partial charge in [-0.15, -0.1) is 0 Å². The number of amidine groups is 1. The summed E-state index contributed by atoms with van der Waals surface area (Å²) in [6, 6.07) is 7.47. The topological polar surface area (TPSA) is 41.5 Å². The molecular formula is C14H17ClN2OS. The number of carbonyl (C=O) groups excluding carboxylic acids is 1. The molecule has 0 aliphatic carbocycles. The Balaban J connectivity index is 2.15. The molecule has 102 valence electrons. The van der Waals surface area contributed by atoms with Crippen LogP contribution in [0.4, 0.5) is 0 Å². The van der Waals surface area contributed by atoms with Gasteiger partial charge >= 0.3 is 0 Å². The van der Waals surface area contributed by atoms with Crippen LogP contribution in [0.15, 0.2) is 29.3 Å². The van der Waals surface area contributed by atoms with E-state index in [0.29, 0.717) is 5.02 Å². The molecule has 0 radical (unpaired) electrons. The van der Waals surface area contributed by atoms with E-state index in [-0.39, 0.29) is 17.7 Å². The molecule has 0 unspecified atom stereocenters. The minimum atomic E-state index is -0.179. The van der Waals surface area contributed by atoms with Gasteiger partial charge < -0.3 is 5.32 Å². The second-order valence-electron chi connectivity index (χ2n) is 4.80. The smallest absolute Gasteiger partial charge is 0.233 e. The van der Waals surface area contributed by atoms with Crippen molar-refractivity contribution in [2.24, 2.45) is 10.9 Å². The van der Waals surface area contributed by atoms with Crippen LogP contribution >= 0.6 is 23.4 Å². The number of hydrogen-bond donors (Lipinski definition) is 1. The van der Waals surface area contributed by atoms with Gasteiger partial charge in [-0.05, 0) is 23.6 Å². The van der Waals surface area contributed by atoms with Gasteiger partial charge in [-0.3, -0.25) is 9.79 Å². The third kappa shape index (κ3) is 3.74. The van der Waals surface area contributed by atoms with Gasteiger partial charge in [0.15, 0.2) is 5.17 Å². The Morgan fingerprint density at radius 1 is 1.37 bits per heavy atom. The number of amides is 1. The third-order valence-corrected chi connectivity index (χ3v) is 4.14. The van der Waals surface area contributed by atoms with Gasteiger partial charge in [0.05, 0.1) is 12.5 Å². The fourth-order valence-corrected chi connectivity index (χ4v) is 2.96. The van der Waals surface area contributed by atoms with Crippen molar-refractivity contribution in [2.45, 2.75) is 19.8 Å². The molecule has 1 amide bonds. The minimum Gasteiger partial charge on any atom is -0.305 e.